The molecule has 1 aliphatic carbocycles. The van der Waals surface area contributed by atoms with E-state index in [0.717, 1.165) is 23.1 Å². The highest BCUT2D eigenvalue weighted by Gasteiger charge is 2.23. The zero-order valence-corrected chi connectivity index (χ0v) is 14.1. The van der Waals surface area contributed by atoms with Crippen molar-refractivity contribution in [2.75, 3.05) is 14.2 Å². The van der Waals surface area contributed by atoms with Crippen LogP contribution >= 0.6 is 0 Å². The molecule has 2 aromatic rings. The summed E-state index contributed by atoms with van der Waals surface area (Å²) < 4.78 is 5.34. The first-order chi connectivity index (χ1) is 11.2. The number of nitrogens with one attached hydrogen (secondary N) is 1. The summed E-state index contributed by atoms with van der Waals surface area (Å²) in [6.07, 6.45) is 8.37. The number of nitrogens with zero attached hydrogens (tertiary/aromatic N) is 1. The number of ether oxygens (including phenoxy) is 1. The molecule has 0 bridgehead atoms. The number of methoxy groups -OCH3 is 1. The van der Waals surface area contributed by atoms with E-state index in [4.69, 9.17) is 4.74 Å². The highest BCUT2D eigenvalue weighted by molar-refractivity contribution is 5.88. The first kappa shape index (κ1) is 16.2. The van der Waals surface area contributed by atoms with E-state index in [1.165, 1.54) is 37.0 Å². The van der Waals surface area contributed by atoms with Gasteiger partial charge in [-0.15, -0.1) is 0 Å². The summed E-state index contributed by atoms with van der Waals surface area (Å²) in [4.78, 5) is 5.87. The summed E-state index contributed by atoms with van der Waals surface area (Å²) in [7, 11) is 3.95. The lowest BCUT2D eigenvalue weighted by Crippen LogP contribution is -3.11. The Bertz CT molecular complexity index is 666. The topological polar surface area (TPSA) is 46.8 Å². The van der Waals surface area contributed by atoms with Crippen LogP contribution in [0.25, 0.3) is 10.9 Å². The zero-order valence-electron chi connectivity index (χ0n) is 14.1. The van der Waals surface area contributed by atoms with Gasteiger partial charge in [0.2, 0.25) is 0 Å². The third kappa shape index (κ3) is 3.48. The number of pyridine rings is 1. The van der Waals surface area contributed by atoms with Crippen LogP contribution in [0, 0.1) is 0 Å². The van der Waals surface area contributed by atoms with Gasteiger partial charge in [-0.05, 0) is 43.4 Å². The molecule has 1 aromatic carbocycles. The first-order valence-electron chi connectivity index (χ1n) is 8.60. The number of fused-ring (bicyclic) bond motifs is 1. The summed E-state index contributed by atoms with van der Waals surface area (Å²) >= 11 is 0. The second-order valence-corrected chi connectivity index (χ2v) is 6.73. The number of hydrogen-bond acceptors (Lipinski definition) is 3. The minimum atomic E-state index is 0.329. The second-order valence-electron chi connectivity index (χ2n) is 6.73. The van der Waals surface area contributed by atoms with Crippen molar-refractivity contribution < 1.29 is 14.7 Å². The molecule has 1 atom stereocenters. The van der Waals surface area contributed by atoms with Crippen LogP contribution in [-0.4, -0.2) is 30.3 Å². The van der Waals surface area contributed by atoms with Gasteiger partial charge < -0.3 is 14.7 Å². The quantitative estimate of drug-likeness (QED) is 0.891. The predicted molar refractivity (Wildman–Crippen MR) is 91.6 cm³/mol. The lowest BCUT2D eigenvalue weighted by atomic mass is 9.94. The Kier molecular flexibility index (Phi) is 5.13. The monoisotopic (exact) mass is 315 g/mol. The fourth-order valence-corrected chi connectivity index (χ4v) is 3.81. The fourth-order valence-electron chi connectivity index (χ4n) is 3.81. The summed E-state index contributed by atoms with van der Waals surface area (Å²) in [5.41, 5.74) is 2.76. The molecule has 0 radical (unpaired) electrons. The van der Waals surface area contributed by atoms with Gasteiger partial charge in [0.1, 0.15) is 12.1 Å². The average Bonchev–Trinajstić information content (AvgIpc) is 2.60. The molecule has 1 aliphatic rings. The molecule has 4 nitrogen and oxygen atoms in total. The van der Waals surface area contributed by atoms with Crippen molar-refractivity contribution in [3.05, 3.63) is 35.5 Å². The zero-order chi connectivity index (χ0) is 16.2. The van der Waals surface area contributed by atoms with Gasteiger partial charge in [0.15, 0.2) is 5.75 Å². The number of phenols is 1. The lowest BCUT2D eigenvalue weighted by Gasteiger charge is -2.28. The van der Waals surface area contributed by atoms with Gasteiger partial charge in [-0.2, -0.15) is 0 Å². The Balaban J connectivity index is 1.91. The molecule has 2 N–H and O–H groups in total. The van der Waals surface area contributed by atoms with Gasteiger partial charge in [-0.25, -0.2) is 0 Å². The Morgan fingerprint density at radius 1 is 1.26 bits per heavy atom. The molecule has 3 rings (SSSR count). The van der Waals surface area contributed by atoms with Crippen LogP contribution in [0.4, 0.5) is 0 Å². The van der Waals surface area contributed by atoms with E-state index >= 15 is 0 Å². The number of aromatic nitrogens is 1. The maximum Gasteiger partial charge on any atom is 0.150 e. The maximum absolute atomic E-state index is 10.7. The standard InChI is InChI=1S/C19H26N2O2/c1-21(16-7-4-3-5-8-16)12-14-11-15(13-23-2)17-9-6-10-20-18(17)19(14)22/h6,9-11,16,22H,3-5,7-8,12-13H2,1-2H3/p+1. The Hall–Kier alpha value is -1.65. The summed E-state index contributed by atoms with van der Waals surface area (Å²) in [6, 6.07) is 6.70. The van der Waals surface area contributed by atoms with Gasteiger partial charge in [-0.3, -0.25) is 4.98 Å². The molecule has 23 heavy (non-hydrogen) atoms. The largest absolute Gasteiger partial charge is 0.505 e. The number of rotatable bonds is 5. The number of benzene rings is 1. The van der Waals surface area contributed by atoms with Crippen molar-refractivity contribution in [3.63, 3.8) is 0 Å². The Morgan fingerprint density at radius 2 is 2.04 bits per heavy atom. The van der Waals surface area contributed by atoms with Crippen molar-refractivity contribution in [1.29, 1.82) is 0 Å². The molecule has 0 saturated heterocycles. The molecule has 1 unspecified atom stereocenters. The van der Waals surface area contributed by atoms with E-state index in [0.29, 0.717) is 23.9 Å². The van der Waals surface area contributed by atoms with Gasteiger partial charge in [0.25, 0.3) is 0 Å². The van der Waals surface area contributed by atoms with E-state index in [2.05, 4.69) is 18.1 Å². The predicted octanol–water partition coefficient (Wildman–Crippen LogP) is 2.43. The highest BCUT2D eigenvalue weighted by Crippen LogP contribution is 2.30. The molecule has 4 heteroatoms. The number of quaternary nitrogens is 1. The summed E-state index contributed by atoms with van der Waals surface area (Å²) in [6.45, 7) is 1.37. The van der Waals surface area contributed by atoms with E-state index in [1.807, 2.05) is 12.1 Å². The van der Waals surface area contributed by atoms with Gasteiger partial charge >= 0.3 is 0 Å². The molecule has 124 valence electrons. The first-order valence-corrected chi connectivity index (χ1v) is 8.60. The van der Waals surface area contributed by atoms with Crippen molar-refractivity contribution in [1.82, 2.24) is 4.98 Å². The normalized spacial score (nSPS) is 17.5. The minimum Gasteiger partial charge on any atom is -0.505 e. The molecule has 1 heterocycles. The second kappa shape index (κ2) is 7.28. The summed E-state index contributed by atoms with van der Waals surface area (Å²) in [5, 5.41) is 11.7. The van der Waals surface area contributed by atoms with Gasteiger partial charge in [0.05, 0.1) is 25.3 Å². The molecular formula is C19H27N2O2+. The van der Waals surface area contributed by atoms with Crippen LogP contribution < -0.4 is 4.90 Å². The molecule has 0 aliphatic heterocycles. The van der Waals surface area contributed by atoms with Crippen molar-refractivity contribution in [2.45, 2.75) is 51.3 Å². The molecular weight excluding hydrogens is 288 g/mol. The van der Waals surface area contributed by atoms with E-state index < -0.39 is 0 Å². The number of aromatic hydroxyl groups is 1. The molecule has 1 saturated carbocycles. The fraction of sp³-hybridized carbons (Fsp3) is 0.526. The van der Waals surface area contributed by atoms with Crippen LogP contribution in [0.15, 0.2) is 24.4 Å². The average molecular weight is 315 g/mol. The molecule has 1 fully saturated rings. The van der Waals surface area contributed by atoms with Crippen LogP contribution in [0.2, 0.25) is 0 Å². The van der Waals surface area contributed by atoms with E-state index in [-0.39, 0.29) is 0 Å². The smallest absolute Gasteiger partial charge is 0.150 e. The maximum atomic E-state index is 10.7. The van der Waals surface area contributed by atoms with Gasteiger partial charge in [-0.1, -0.05) is 12.5 Å². The van der Waals surface area contributed by atoms with Crippen molar-refractivity contribution in [3.8, 4) is 5.75 Å². The third-order valence-electron chi connectivity index (χ3n) is 5.10. The molecule has 0 amide bonds. The van der Waals surface area contributed by atoms with E-state index in [9.17, 15) is 5.11 Å². The SMILES string of the molecule is COCc1cc(C[NH+](C)C2CCCCC2)c(O)c2ncccc12. The molecule has 0 spiro atoms. The Morgan fingerprint density at radius 3 is 2.78 bits per heavy atom. The lowest BCUT2D eigenvalue weighted by molar-refractivity contribution is -0.921. The summed E-state index contributed by atoms with van der Waals surface area (Å²) in [5.74, 6) is 0.329. The van der Waals surface area contributed by atoms with Crippen LogP contribution in [0.3, 0.4) is 0 Å². The third-order valence-corrected chi connectivity index (χ3v) is 5.10. The van der Waals surface area contributed by atoms with Crippen molar-refractivity contribution in [2.24, 2.45) is 0 Å². The van der Waals surface area contributed by atoms with Crippen LogP contribution in [0.5, 0.6) is 5.75 Å². The van der Waals surface area contributed by atoms with Crippen LogP contribution in [0.1, 0.15) is 43.2 Å². The minimum absolute atomic E-state index is 0.329. The van der Waals surface area contributed by atoms with Gasteiger partial charge in [0, 0.05) is 18.7 Å². The number of phenolic OH excluding ortho intramolecular Hbond substituents is 1. The number of hydrogen-bond donors (Lipinski definition) is 2. The molecule has 1 aromatic heterocycles. The van der Waals surface area contributed by atoms with Crippen LogP contribution in [-0.2, 0) is 17.9 Å². The van der Waals surface area contributed by atoms with Crippen molar-refractivity contribution >= 4 is 10.9 Å². The highest BCUT2D eigenvalue weighted by atomic mass is 16.5. The van der Waals surface area contributed by atoms with E-state index in [1.54, 1.807) is 13.3 Å². The Labute approximate surface area is 138 Å².